The lowest BCUT2D eigenvalue weighted by molar-refractivity contribution is -0.151. The van der Waals surface area contributed by atoms with Gasteiger partial charge in [-0.05, 0) is 31.2 Å². The fraction of sp³-hybridized carbons (Fsp3) is 0.250. The Hall–Kier alpha value is -2.57. The number of rotatable bonds is 5. The predicted molar refractivity (Wildman–Crippen MR) is 108 cm³/mol. The lowest BCUT2D eigenvalue weighted by atomic mass is 10.1. The molecule has 1 saturated heterocycles. The van der Waals surface area contributed by atoms with Crippen LogP contribution in [0.15, 0.2) is 42.5 Å². The summed E-state index contributed by atoms with van der Waals surface area (Å²) in [5.41, 5.74) is 2.07. The molecule has 0 aromatic heterocycles. The van der Waals surface area contributed by atoms with Gasteiger partial charge in [-0.3, -0.25) is 14.4 Å². The highest BCUT2D eigenvalue weighted by Crippen LogP contribution is 2.30. The van der Waals surface area contributed by atoms with Gasteiger partial charge in [0.05, 0.1) is 21.7 Å². The van der Waals surface area contributed by atoms with Gasteiger partial charge in [0.2, 0.25) is 5.91 Å². The fourth-order valence-electron chi connectivity index (χ4n) is 2.89. The van der Waals surface area contributed by atoms with Crippen LogP contribution in [0, 0.1) is 12.8 Å². The molecule has 1 N–H and O–H groups in total. The first-order valence-electron chi connectivity index (χ1n) is 8.62. The molecule has 1 aliphatic heterocycles. The Morgan fingerprint density at radius 3 is 2.43 bits per heavy atom. The van der Waals surface area contributed by atoms with Gasteiger partial charge >= 0.3 is 5.97 Å². The van der Waals surface area contributed by atoms with E-state index >= 15 is 0 Å². The van der Waals surface area contributed by atoms with E-state index in [4.69, 9.17) is 27.9 Å². The molecule has 2 aromatic carbocycles. The van der Waals surface area contributed by atoms with Crippen LogP contribution in [0.1, 0.15) is 12.0 Å². The first kappa shape index (κ1) is 20.2. The second-order valence-electron chi connectivity index (χ2n) is 6.49. The van der Waals surface area contributed by atoms with E-state index in [1.807, 2.05) is 31.2 Å². The summed E-state index contributed by atoms with van der Waals surface area (Å²) >= 11 is 12.0. The zero-order valence-electron chi connectivity index (χ0n) is 15.1. The molecule has 0 aliphatic carbocycles. The maximum absolute atomic E-state index is 12.3. The standard InChI is InChI=1S/C20H18Cl2N2O4/c1-12-5-7-14(8-6-12)24-10-13(9-18(24)26)20(27)28-11-17(25)23-19-15(21)3-2-4-16(19)22/h2-8,13H,9-11H2,1H3,(H,23,25). The molecule has 0 saturated carbocycles. The topological polar surface area (TPSA) is 75.7 Å². The minimum atomic E-state index is -0.620. The number of benzene rings is 2. The molecule has 1 unspecified atom stereocenters. The van der Waals surface area contributed by atoms with Crippen molar-refractivity contribution in [3.63, 3.8) is 0 Å². The predicted octanol–water partition coefficient (Wildman–Crippen LogP) is 3.84. The molecule has 8 heteroatoms. The number of halogens is 2. The van der Waals surface area contributed by atoms with Gasteiger partial charge < -0.3 is 15.0 Å². The number of nitrogens with one attached hydrogen (secondary N) is 1. The summed E-state index contributed by atoms with van der Waals surface area (Å²) in [4.78, 5) is 38.1. The van der Waals surface area contributed by atoms with E-state index < -0.39 is 24.4 Å². The molecule has 1 fully saturated rings. The minimum absolute atomic E-state index is 0.0463. The van der Waals surface area contributed by atoms with Gasteiger partial charge in [-0.25, -0.2) is 0 Å². The number of aryl methyl sites for hydroxylation is 1. The van der Waals surface area contributed by atoms with Gasteiger partial charge in [0.15, 0.2) is 6.61 Å². The number of para-hydroxylation sites is 1. The van der Waals surface area contributed by atoms with E-state index in [1.165, 1.54) is 0 Å². The van der Waals surface area contributed by atoms with Crippen molar-refractivity contribution in [3.05, 3.63) is 58.1 Å². The van der Waals surface area contributed by atoms with Crippen LogP contribution in [-0.2, 0) is 19.1 Å². The maximum atomic E-state index is 12.3. The van der Waals surface area contributed by atoms with Crippen molar-refractivity contribution in [1.29, 1.82) is 0 Å². The SMILES string of the molecule is Cc1ccc(N2CC(C(=O)OCC(=O)Nc3c(Cl)cccc3Cl)CC2=O)cc1. The third-order valence-electron chi connectivity index (χ3n) is 4.38. The summed E-state index contributed by atoms with van der Waals surface area (Å²) in [7, 11) is 0. The number of carbonyl (C=O) groups is 3. The highest BCUT2D eigenvalue weighted by atomic mass is 35.5. The summed E-state index contributed by atoms with van der Waals surface area (Å²) in [5.74, 6) is -1.94. The number of amides is 2. The van der Waals surface area contributed by atoms with Crippen LogP contribution in [0.4, 0.5) is 11.4 Å². The Bertz CT molecular complexity index is 895. The molecule has 0 spiro atoms. The molecule has 0 bridgehead atoms. The molecule has 1 heterocycles. The van der Waals surface area contributed by atoms with Gasteiger partial charge in [0.25, 0.3) is 5.91 Å². The summed E-state index contributed by atoms with van der Waals surface area (Å²) in [6.07, 6.45) is 0.0463. The van der Waals surface area contributed by atoms with Crippen LogP contribution in [0.3, 0.4) is 0 Å². The van der Waals surface area contributed by atoms with E-state index in [0.717, 1.165) is 11.3 Å². The molecule has 2 amide bonds. The van der Waals surface area contributed by atoms with Gasteiger partial charge in [0.1, 0.15) is 0 Å². The Morgan fingerprint density at radius 1 is 1.14 bits per heavy atom. The number of esters is 1. The summed E-state index contributed by atoms with van der Waals surface area (Å²) in [5, 5.41) is 3.08. The first-order chi connectivity index (χ1) is 13.3. The Labute approximate surface area is 172 Å². The Morgan fingerprint density at radius 2 is 1.79 bits per heavy atom. The van der Waals surface area contributed by atoms with E-state index in [2.05, 4.69) is 5.32 Å². The van der Waals surface area contributed by atoms with Gasteiger partial charge in [0, 0.05) is 18.7 Å². The van der Waals surface area contributed by atoms with Crippen molar-refractivity contribution in [1.82, 2.24) is 0 Å². The molecule has 0 radical (unpaired) electrons. The number of nitrogens with zero attached hydrogens (tertiary/aromatic N) is 1. The second-order valence-corrected chi connectivity index (χ2v) is 7.31. The van der Waals surface area contributed by atoms with Gasteiger partial charge in [-0.15, -0.1) is 0 Å². The third kappa shape index (κ3) is 4.64. The highest BCUT2D eigenvalue weighted by molar-refractivity contribution is 6.39. The van der Waals surface area contributed by atoms with Crippen LogP contribution in [-0.4, -0.2) is 30.9 Å². The van der Waals surface area contributed by atoms with Crippen molar-refractivity contribution in [3.8, 4) is 0 Å². The average Bonchev–Trinajstić information content (AvgIpc) is 3.05. The van der Waals surface area contributed by atoms with Crippen molar-refractivity contribution in [2.75, 3.05) is 23.4 Å². The number of hydrogen-bond acceptors (Lipinski definition) is 4. The lowest BCUT2D eigenvalue weighted by Crippen LogP contribution is -2.28. The van der Waals surface area contributed by atoms with Crippen molar-refractivity contribution < 1.29 is 19.1 Å². The molecular formula is C20H18Cl2N2O4. The molecule has 2 aromatic rings. The number of ether oxygens (including phenoxy) is 1. The molecule has 6 nitrogen and oxygen atoms in total. The fourth-order valence-corrected chi connectivity index (χ4v) is 3.38. The monoisotopic (exact) mass is 420 g/mol. The zero-order chi connectivity index (χ0) is 20.3. The molecule has 28 heavy (non-hydrogen) atoms. The second kappa shape index (κ2) is 8.63. The molecule has 3 rings (SSSR count). The van der Waals surface area contributed by atoms with E-state index in [-0.39, 0.29) is 34.6 Å². The maximum Gasteiger partial charge on any atom is 0.311 e. The molecule has 1 atom stereocenters. The quantitative estimate of drug-likeness (QED) is 0.745. The average molecular weight is 421 g/mol. The molecular weight excluding hydrogens is 403 g/mol. The number of anilines is 2. The van der Waals surface area contributed by atoms with Crippen molar-refractivity contribution in [2.24, 2.45) is 5.92 Å². The van der Waals surface area contributed by atoms with Crippen LogP contribution < -0.4 is 10.2 Å². The summed E-state index contributed by atoms with van der Waals surface area (Å²) < 4.78 is 5.08. The normalized spacial score (nSPS) is 16.2. The minimum Gasteiger partial charge on any atom is -0.455 e. The molecule has 146 valence electrons. The smallest absolute Gasteiger partial charge is 0.311 e. The van der Waals surface area contributed by atoms with E-state index in [1.54, 1.807) is 23.1 Å². The molecule has 1 aliphatic rings. The van der Waals surface area contributed by atoms with Gasteiger partial charge in [-0.2, -0.15) is 0 Å². The Balaban J connectivity index is 1.54. The van der Waals surface area contributed by atoms with E-state index in [0.29, 0.717) is 0 Å². The van der Waals surface area contributed by atoms with Crippen molar-refractivity contribution in [2.45, 2.75) is 13.3 Å². The van der Waals surface area contributed by atoms with E-state index in [9.17, 15) is 14.4 Å². The first-order valence-corrected chi connectivity index (χ1v) is 9.38. The van der Waals surface area contributed by atoms with Crippen molar-refractivity contribution >= 4 is 52.4 Å². The van der Waals surface area contributed by atoms with Crippen LogP contribution in [0.25, 0.3) is 0 Å². The lowest BCUT2D eigenvalue weighted by Gasteiger charge is -2.16. The highest BCUT2D eigenvalue weighted by Gasteiger charge is 2.36. The summed E-state index contributed by atoms with van der Waals surface area (Å²) in [6.45, 7) is 1.69. The zero-order valence-corrected chi connectivity index (χ0v) is 16.6. The number of hydrogen-bond donors (Lipinski definition) is 1. The third-order valence-corrected chi connectivity index (χ3v) is 5.01. The van der Waals surface area contributed by atoms with Crippen LogP contribution in [0.5, 0.6) is 0 Å². The van der Waals surface area contributed by atoms with Crippen LogP contribution in [0.2, 0.25) is 10.0 Å². The van der Waals surface area contributed by atoms with Gasteiger partial charge in [-0.1, -0.05) is 47.0 Å². The largest absolute Gasteiger partial charge is 0.455 e. The summed E-state index contributed by atoms with van der Waals surface area (Å²) in [6, 6.07) is 12.3. The van der Waals surface area contributed by atoms with Crippen LogP contribution >= 0.6 is 23.2 Å². The Kier molecular flexibility index (Phi) is 6.21. The number of carbonyl (C=O) groups excluding carboxylic acids is 3.